The molecule has 1 amide bonds. The Morgan fingerprint density at radius 1 is 1.23 bits per heavy atom. The zero-order chi connectivity index (χ0) is 15.4. The summed E-state index contributed by atoms with van der Waals surface area (Å²) >= 11 is 1.47. The van der Waals surface area contributed by atoms with Gasteiger partial charge in [0.15, 0.2) is 5.13 Å². The largest absolute Gasteiger partial charge is 0.461 e. The average Bonchev–Trinajstić information content (AvgIpc) is 3.15. The summed E-state index contributed by atoms with van der Waals surface area (Å²) in [5, 5.41) is 3.44. The van der Waals surface area contributed by atoms with Crippen molar-refractivity contribution in [1.29, 1.82) is 0 Å². The van der Waals surface area contributed by atoms with Crippen LogP contribution in [0.15, 0.2) is 53.1 Å². The third-order valence-electron chi connectivity index (χ3n) is 3.19. The number of nitrogens with zero attached hydrogens (tertiary/aromatic N) is 1. The number of hydrogen-bond donors (Lipinski definition) is 1. The first-order valence-electron chi connectivity index (χ1n) is 7.07. The van der Waals surface area contributed by atoms with Crippen molar-refractivity contribution in [2.75, 3.05) is 5.32 Å². The topological polar surface area (TPSA) is 55.1 Å². The molecule has 0 aliphatic rings. The highest BCUT2D eigenvalue weighted by Crippen LogP contribution is 2.22. The monoisotopic (exact) mass is 312 g/mol. The van der Waals surface area contributed by atoms with E-state index in [0.29, 0.717) is 18.0 Å². The first-order valence-corrected chi connectivity index (χ1v) is 7.89. The summed E-state index contributed by atoms with van der Waals surface area (Å²) in [6.45, 7) is 1.96. The Labute approximate surface area is 132 Å². The summed E-state index contributed by atoms with van der Waals surface area (Å²) in [6.07, 6.45) is 2.70. The number of carbonyl (C=O) groups is 1. The molecule has 22 heavy (non-hydrogen) atoms. The Morgan fingerprint density at radius 2 is 2.05 bits per heavy atom. The van der Waals surface area contributed by atoms with Crippen LogP contribution in [0, 0.1) is 6.92 Å². The molecule has 2 aromatic heterocycles. The maximum Gasteiger partial charge on any atom is 0.226 e. The van der Waals surface area contributed by atoms with Crippen LogP contribution in [-0.4, -0.2) is 10.9 Å². The Balaban J connectivity index is 1.56. The van der Waals surface area contributed by atoms with E-state index in [0.717, 1.165) is 22.0 Å². The van der Waals surface area contributed by atoms with E-state index >= 15 is 0 Å². The van der Waals surface area contributed by atoms with Crippen molar-refractivity contribution < 1.29 is 9.21 Å². The molecule has 1 N–H and O–H groups in total. The second kappa shape index (κ2) is 6.58. The molecule has 0 atom stereocenters. The molecule has 3 aromatic rings. The number of rotatable bonds is 5. The lowest BCUT2D eigenvalue weighted by atomic mass is 10.2. The van der Waals surface area contributed by atoms with Gasteiger partial charge in [0, 0.05) is 29.5 Å². The number of aryl methyl sites for hydroxylation is 2. The van der Waals surface area contributed by atoms with E-state index in [9.17, 15) is 4.79 Å². The summed E-state index contributed by atoms with van der Waals surface area (Å²) in [6, 6.07) is 13.8. The van der Waals surface area contributed by atoms with Gasteiger partial charge < -0.3 is 9.73 Å². The van der Waals surface area contributed by atoms with Crippen molar-refractivity contribution in [3.8, 4) is 11.3 Å². The van der Waals surface area contributed by atoms with Crippen molar-refractivity contribution in [3.05, 3.63) is 59.3 Å². The van der Waals surface area contributed by atoms with Gasteiger partial charge in [-0.3, -0.25) is 4.79 Å². The molecule has 1 aromatic carbocycles. The minimum absolute atomic E-state index is 0.0491. The van der Waals surface area contributed by atoms with Crippen molar-refractivity contribution in [2.24, 2.45) is 0 Å². The lowest BCUT2D eigenvalue weighted by Crippen LogP contribution is -2.11. The maximum atomic E-state index is 11.9. The molecule has 0 saturated heterocycles. The van der Waals surface area contributed by atoms with Crippen molar-refractivity contribution in [1.82, 2.24) is 4.98 Å². The van der Waals surface area contributed by atoms with E-state index in [4.69, 9.17) is 4.42 Å². The molecule has 2 heterocycles. The van der Waals surface area contributed by atoms with Gasteiger partial charge in [0.2, 0.25) is 5.91 Å². The highest BCUT2D eigenvalue weighted by molar-refractivity contribution is 7.15. The van der Waals surface area contributed by atoms with Crippen LogP contribution in [0.4, 0.5) is 5.13 Å². The Morgan fingerprint density at radius 3 is 2.77 bits per heavy atom. The first kappa shape index (κ1) is 14.5. The van der Waals surface area contributed by atoms with Crippen molar-refractivity contribution in [2.45, 2.75) is 19.8 Å². The highest BCUT2D eigenvalue weighted by Gasteiger charge is 2.09. The van der Waals surface area contributed by atoms with E-state index in [1.165, 1.54) is 11.3 Å². The van der Waals surface area contributed by atoms with E-state index < -0.39 is 0 Å². The molecular weight excluding hydrogens is 296 g/mol. The van der Waals surface area contributed by atoms with Gasteiger partial charge in [-0.1, -0.05) is 30.3 Å². The van der Waals surface area contributed by atoms with Gasteiger partial charge in [0.05, 0.1) is 0 Å². The van der Waals surface area contributed by atoms with Gasteiger partial charge in [-0.2, -0.15) is 0 Å². The fourth-order valence-corrected chi connectivity index (χ4v) is 2.78. The zero-order valence-corrected chi connectivity index (χ0v) is 13.0. The van der Waals surface area contributed by atoms with Crippen molar-refractivity contribution in [3.63, 3.8) is 0 Å². The number of thiazole rings is 1. The first-order chi connectivity index (χ1) is 10.7. The molecule has 0 aliphatic carbocycles. The van der Waals surface area contributed by atoms with Crippen LogP contribution < -0.4 is 5.32 Å². The Kier molecular flexibility index (Phi) is 4.34. The number of aromatic nitrogens is 1. The highest BCUT2D eigenvalue weighted by atomic mass is 32.1. The van der Waals surface area contributed by atoms with Crippen LogP contribution in [0.3, 0.4) is 0 Å². The number of amides is 1. The predicted molar refractivity (Wildman–Crippen MR) is 87.9 cm³/mol. The molecule has 3 rings (SSSR count). The van der Waals surface area contributed by atoms with Crippen LogP contribution in [0.5, 0.6) is 0 Å². The third kappa shape index (κ3) is 3.62. The number of hydrogen-bond acceptors (Lipinski definition) is 4. The lowest BCUT2D eigenvalue weighted by molar-refractivity contribution is -0.116. The molecule has 0 spiro atoms. The fraction of sp³-hybridized carbons (Fsp3) is 0.176. The lowest BCUT2D eigenvalue weighted by Gasteiger charge is -2.00. The Hall–Kier alpha value is -2.40. The smallest absolute Gasteiger partial charge is 0.226 e. The van der Waals surface area contributed by atoms with E-state index in [-0.39, 0.29) is 5.91 Å². The number of carbonyl (C=O) groups excluding carboxylic acids is 1. The van der Waals surface area contributed by atoms with Crippen LogP contribution in [0.2, 0.25) is 0 Å². The van der Waals surface area contributed by atoms with Gasteiger partial charge in [-0.05, 0) is 19.1 Å². The minimum atomic E-state index is -0.0491. The second-order valence-corrected chi connectivity index (χ2v) is 6.19. The number of nitrogens with one attached hydrogen (secondary N) is 1. The van der Waals surface area contributed by atoms with Crippen LogP contribution >= 0.6 is 11.3 Å². The van der Waals surface area contributed by atoms with Gasteiger partial charge in [-0.25, -0.2) is 4.98 Å². The van der Waals surface area contributed by atoms with Gasteiger partial charge >= 0.3 is 0 Å². The predicted octanol–water partition coefficient (Wildman–Crippen LogP) is 4.28. The number of anilines is 1. The number of benzene rings is 1. The summed E-state index contributed by atoms with van der Waals surface area (Å²) in [5.74, 6) is 1.59. The SMILES string of the molecule is Cc1cnc(NC(=O)CCc2ccc(-c3ccccc3)o2)s1. The summed E-state index contributed by atoms with van der Waals surface area (Å²) < 4.78 is 5.78. The maximum absolute atomic E-state index is 11.9. The second-order valence-electron chi connectivity index (χ2n) is 4.96. The standard InChI is InChI=1S/C17H16N2O2S/c1-12-11-18-17(22-12)19-16(20)10-8-14-7-9-15(21-14)13-5-3-2-4-6-13/h2-7,9,11H,8,10H2,1H3,(H,18,19,20). The molecule has 0 saturated carbocycles. The summed E-state index contributed by atoms with van der Waals surface area (Å²) in [7, 11) is 0. The number of furan rings is 1. The van der Waals surface area contributed by atoms with Crippen LogP contribution in [-0.2, 0) is 11.2 Å². The summed E-state index contributed by atoms with van der Waals surface area (Å²) in [5.41, 5.74) is 1.04. The van der Waals surface area contributed by atoms with Gasteiger partial charge in [0.1, 0.15) is 11.5 Å². The molecule has 5 heteroatoms. The quantitative estimate of drug-likeness (QED) is 0.765. The third-order valence-corrected chi connectivity index (χ3v) is 4.01. The molecule has 0 bridgehead atoms. The molecule has 4 nitrogen and oxygen atoms in total. The van der Waals surface area contributed by atoms with E-state index in [2.05, 4.69) is 10.3 Å². The average molecular weight is 312 g/mol. The Bertz CT molecular complexity index is 762. The fourth-order valence-electron chi connectivity index (χ4n) is 2.10. The van der Waals surface area contributed by atoms with E-state index in [1.807, 2.05) is 49.4 Å². The van der Waals surface area contributed by atoms with Crippen LogP contribution in [0.1, 0.15) is 17.1 Å². The minimum Gasteiger partial charge on any atom is -0.461 e. The summed E-state index contributed by atoms with van der Waals surface area (Å²) in [4.78, 5) is 17.1. The molecular formula is C17H16N2O2S. The normalized spacial score (nSPS) is 10.6. The molecule has 0 unspecified atom stereocenters. The van der Waals surface area contributed by atoms with Crippen molar-refractivity contribution >= 4 is 22.4 Å². The van der Waals surface area contributed by atoms with E-state index in [1.54, 1.807) is 6.20 Å². The van der Waals surface area contributed by atoms with Gasteiger partial charge in [-0.15, -0.1) is 11.3 Å². The molecule has 0 radical (unpaired) electrons. The molecule has 0 fully saturated rings. The van der Waals surface area contributed by atoms with Gasteiger partial charge in [0.25, 0.3) is 0 Å². The zero-order valence-electron chi connectivity index (χ0n) is 12.2. The van der Waals surface area contributed by atoms with Crippen LogP contribution in [0.25, 0.3) is 11.3 Å². The molecule has 112 valence electrons. The molecule has 0 aliphatic heterocycles.